The number of rotatable bonds is 10. The standard InChI is InChI=1S/C32H43N11OS/c1-20(21(7-11-33)26(36)37)41(2)28-23(15-35)29(43-17-32(18-43)8-6-24-25(32)22(14-34)27(38)45-24)40-30(39-28)44-19-31(9-10-31)16-42-12-4-3-5-13-42/h7,11,20H,3-6,8-10,12-13,16-19,33,36-38H2,1-2H3/b11-7-. The highest BCUT2D eigenvalue weighted by Crippen LogP contribution is 2.53. The van der Waals surface area contributed by atoms with Crippen molar-refractivity contribution < 1.29 is 4.74 Å². The van der Waals surface area contributed by atoms with Crippen LogP contribution in [0.15, 0.2) is 23.7 Å². The van der Waals surface area contributed by atoms with Crippen LogP contribution in [0.3, 0.4) is 0 Å². The summed E-state index contributed by atoms with van der Waals surface area (Å²) in [5.41, 5.74) is 26.5. The molecule has 2 saturated heterocycles. The molecule has 0 aromatic carbocycles. The van der Waals surface area contributed by atoms with E-state index in [1.165, 1.54) is 41.7 Å². The number of aromatic nitrogens is 2. The molecule has 8 N–H and O–H groups in total. The van der Waals surface area contributed by atoms with Crippen molar-refractivity contribution >= 4 is 28.0 Å². The zero-order valence-corrected chi connectivity index (χ0v) is 27.0. The van der Waals surface area contributed by atoms with E-state index in [0.717, 1.165) is 50.9 Å². The minimum Gasteiger partial charge on any atom is -0.463 e. The molecule has 2 aromatic rings. The molecule has 0 amide bonds. The van der Waals surface area contributed by atoms with Crippen LogP contribution in [-0.2, 0) is 11.8 Å². The molecule has 6 rings (SSSR count). The number of likely N-dealkylation sites (tertiary alicyclic amines) is 1. The van der Waals surface area contributed by atoms with Crippen LogP contribution in [0.2, 0.25) is 0 Å². The molecule has 2 aliphatic carbocycles. The number of nitrogen functional groups attached to an aromatic ring is 1. The van der Waals surface area contributed by atoms with Gasteiger partial charge in [-0.1, -0.05) is 6.42 Å². The SMILES string of the molecule is CC(C(/C=C\N)=C(N)N)N(C)c1nc(OCC2(CN3CCCCC3)CC2)nc(N2CC3(CCc4sc(N)c(C#N)c43)C2)c1C#N. The summed E-state index contributed by atoms with van der Waals surface area (Å²) in [7, 11) is 1.85. The second kappa shape index (κ2) is 12.0. The summed E-state index contributed by atoms with van der Waals surface area (Å²) in [5, 5.41) is 21.0. The molecular formula is C32H43N11OS. The van der Waals surface area contributed by atoms with Crippen LogP contribution in [0.1, 0.15) is 67.0 Å². The molecule has 4 heterocycles. The highest BCUT2D eigenvalue weighted by molar-refractivity contribution is 7.16. The fourth-order valence-corrected chi connectivity index (χ4v) is 8.49. The van der Waals surface area contributed by atoms with Gasteiger partial charge in [0.25, 0.3) is 0 Å². The number of hydrogen-bond donors (Lipinski definition) is 4. The van der Waals surface area contributed by atoms with Gasteiger partial charge in [0, 0.05) is 48.0 Å². The summed E-state index contributed by atoms with van der Waals surface area (Å²) in [6, 6.07) is 4.61. The molecule has 4 aliphatic rings. The Kier molecular flexibility index (Phi) is 8.18. The first-order chi connectivity index (χ1) is 21.6. The van der Waals surface area contributed by atoms with Crippen LogP contribution in [0.5, 0.6) is 6.01 Å². The topological polar surface area (TPSA) is 196 Å². The van der Waals surface area contributed by atoms with E-state index < -0.39 is 0 Å². The minimum atomic E-state index is -0.349. The Labute approximate surface area is 268 Å². The van der Waals surface area contributed by atoms with Crippen LogP contribution in [0.4, 0.5) is 16.6 Å². The van der Waals surface area contributed by atoms with E-state index in [-0.39, 0.29) is 28.7 Å². The average molecular weight is 630 g/mol. The molecule has 0 bridgehead atoms. The number of ether oxygens (including phenoxy) is 1. The summed E-state index contributed by atoms with van der Waals surface area (Å²) in [6.07, 6.45) is 10.9. The summed E-state index contributed by atoms with van der Waals surface area (Å²) >= 11 is 1.52. The van der Waals surface area contributed by atoms with Crippen LogP contribution in [0.25, 0.3) is 0 Å². The number of thiophene rings is 1. The molecule has 1 spiro atoms. The Morgan fingerprint density at radius 2 is 1.82 bits per heavy atom. The van der Waals surface area contributed by atoms with E-state index in [2.05, 4.69) is 21.9 Å². The van der Waals surface area contributed by atoms with Crippen LogP contribution in [0, 0.1) is 28.1 Å². The quantitative estimate of drug-likeness (QED) is 0.281. The van der Waals surface area contributed by atoms with Crippen molar-refractivity contribution in [2.45, 2.75) is 63.3 Å². The lowest BCUT2D eigenvalue weighted by molar-refractivity contribution is 0.138. The molecule has 2 aliphatic heterocycles. The maximum atomic E-state index is 10.5. The molecule has 1 saturated carbocycles. The van der Waals surface area contributed by atoms with Crippen molar-refractivity contribution in [3.05, 3.63) is 45.2 Å². The van der Waals surface area contributed by atoms with Crippen molar-refractivity contribution in [2.24, 2.45) is 22.6 Å². The molecule has 13 heteroatoms. The van der Waals surface area contributed by atoms with Gasteiger partial charge in [0.2, 0.25) is 0 Å². The largest absolute Gasteiger partial charge is 0.463 e. The predicted molar refractivity (Wildman–Crippen MR) is 176 cm³/mol. The second-order valence-electron chi connectivity index (χ2n) is 13.2. The van der Waals surface area contributed by atoms with Gasteiger partial charge in [0.15, 0.2) is 11.6 Å². The van der Waals surface area contributed by atoms with Crippen LogP contribution in [-0.4, -0.2) is 67.3 Å². The summed E-state index contributed by atoms with van der Waals surface area (Å²) in [5.74, 6) is 1.10. The molecule has 2 aromatic heterocycles. The third-order valence-corrected chi connectivity index (χ3v) is 11.3. The van der Waals surface area contributed by atoms with Crippen molar-refractivity contribution in [3.63, 3.8) is 0 Å². The fraction of sp³-hybridized carbons (Fsp3) is 0.562. The zero-order valence-electron chi connectivity index (χ0n) is 26.2. The molecule has 45 heavy (non-hydrogen) atoms. The number of aryl methyl sites for hydroxylation is 1. The maximum Gasteiger partial charge on any atom is 0.320 e. The van der Waals surface area contributed by atoms with Gasteiger partial charge in [-0.15, -0.1) is 11.3 Å². The second-order valence-corrected chi connectivity index (χ2v) is 14.3. The Morgan fingerprint density at radius 3 is 2.44 bits per heavy atom. The van der Waals surface area contributed by atoms with Crippen molar-refractivity contribution in [1.82, 2.24) is 14.9 Å². The van der Waals surface area contributed by atoms with Gasteiger partial charge in [-0.2, -0.15) is 20.5 Å². The molecule has 3 fully saturated rings. The van der Waals surface area contributed by atoms with E-state index in [4.69, 9.17) is 37.6 Å². The zero-order chi connectivity index (χ0) is 31.9. The van der Waals surface area contributed by atoms with E-state index in [1.807, 2.05) is 18.9 Å². The first-order valence-electron chi connectivity index (χ1n) is 15.7. The molecule has 1 unspecified atom stereocenters. The third kappa shape index (κ3) is 5.60. The van der Waals surface area contributed by atoms with E-state index >= 15 is 0 Å². The number of piperidine rings is 1. The smallest absolute Gasteiger partial charge is 0.320 e. The van der Waals surface area contributed by atoms with Gasteiger partial charge >= 0.3 is 6.01 Å². The van der Waals surface area contributed by atoms with E-state index in [0.29, 0.717) is 53.0 Å². The third-order valence-electron chi connectivity index (χ3n) is 10.2. The first-order valence-corrected chi connectivity index (χ1v) is 16.6. The normalized spacial score (nSPS) is 20.2. The number of likely N-dealkylation sites (N-methyl/N-ethyl adjacent to an activating group) is 1. The molecule has 12 nitrogen and oxygen atoms in total. The number of fused-ring (bicyclic) bond motifs is 2. The lowest BCUT2D eigenvalue weighted by Gasteiger charge is -2.49. The Hall–Kier alpha value is -4.20. The number of nitrogens with two attached hydrogens (primary N) is 4. The molecule has 1 atom stereocenters. The predicted octanol–water partition coefficient (Wildman–Crippen LogP) is 2.64. The van der Waals surface area contributed by atoms with Crippen molar-refractivity contribution in [2.75, 3.05) is 61.9 Å². The number of hydrogen-bond acceptors (Lipinski definition) is 13. The Balaban J connectivity index is 1.32. The fourth-order valence-electron chi connectivity index (χ4n) is 7.35. The maximum absolute atomic E-state index is 10.5. The number of nitrogens with zero attached hydrogens (tertiary/aromatic N) is 7. The lowest BCUT2D eigenvalue weighted by atomic mass is 9.74. The monoisotopic (exact) mass is 629 g/mol. The van der Waals surface area contributed by atoms with Crippen LogP contribution < -0.4 is 37.5 Å². The van der Waals surface area contributed by atoms with Gasteiger partial charge in [0.05, 0.1) is 24.0 Å². The number of anilines is 3. The highest BCUT2D eigenvalue weighted by Gasteiger charge is 2.52. The van der Waals surface area contributed by atoms with Gasteiger partial charge in [0.1, 0.15) is 22.7 Å². The van der Waals surface area contributed by atoms with E-state index in [9.17, 15) is 10.5 Å². The Morgan fingerprint density at radius 1 is 1.11 bits per heavy atom. The summed E-state index contributed by atoms with van der Waals surface area (Å²) in [4.78, 5) is 17.4. The number of nitriles is 2. The first kappa shape index (κ1) is 30.8. The van der Waals surface area contributed by atoms with Gasteiger partial charge in [-0.25, -0.2) is 0 Å². The summed E-state index contributed by atoms with van der Waals surface area (Å²) < 4.78 is 6.41. The molecule has 0 radical (unpaired) electrons. The van der Waals surface area contributed by atoms with Crippen LogP contribution >= 0.6 is 11.3 Å². The summed E-state index contributed by atoms with van der Waals surface area (Å²) in [6.45, 7) is 7.03. The van der Waals surface area contributed by atoms with E-state index in [1.54, 1.807) is 6.08 Å². The van der Waals surface area contributed by atoms with Crippen molar-refractivity contribution in [3.8, 4) is 18.1 Å². The van der Waals surface area contributed by atoms with Crippen molar-refractivity contribution in [1.29, 1.82) is 10.5 Å². The lowest BCUT2D eigenvalue weighted by Crippen LogP contribution is -2.59. The Bertz CT molecular complexity index is 1600. The van der Waals surface area contributed by atoms with Gasteiger partial charge < -0.3 is 42.4 Å². The average Bonchev–Trinajstić information content (AvgIpc) is 3.56. The highest BCUT2D eigenvalue weighted by atomic mass is 32.1. The van der Waals surface area contributed by atoms with Gasteiger partial charge in [-0.3, -0.25) is 0 Å². The van der Waals surface area contributed by atoms with Gasteiger partial charge in [-0.05, 0) is 76.4 Å². The minimum absolute atomic E-state index is 0.109. The molecular weight excluding hydrogens is 586 g/mol. The molecule has 238 valence electrons.